The van der Waals surface area contributed by atoms with Crippen LogP contribution in [0, 0.1) is 6.92 Å². The first-order valence-electron chi connectivity index (χ1n) is 8.85. The van der Waals surface area contributed by atoms with E-state index in [-0.39, 0.29) is 17.7 Å². The molecule has 0 aliphatic heterocycles. The lowest BCUT2D eigenvalue weighted by Crippen LogP contribution is -2.34. The van der Waals surface area contributed by atoms with Crippen molar-refractivity contribution in [2.24, 2.45) is 5.10 Å². The Bertz CT molecular complexity index is 1200. The summed E-state index contributed by atoms with van der Waals surface area (Å²) in [6.07, 6.45) is 3.15. The van der Waals surface area contributed by atoms with Crippen molar-refractivity contribution < 1.29 is 9.90 Å². The minimum Gasteiger partial charge on any atom is -0.493 e. The van der Waals surface area contributed by atoms with Gasteiger partial charge in [-0.2, -0.15) is 5.10 Å². The third-order valence-corrected chi connectivity index (χ3v) is 4.30. The molecule has 3 N–H and O–H groups in total. The largest absolute Gasteiger partial charge is 0.493 e. The third-order valence-electron chi connectivity index (χ3n) is 4.30. The van der Waals surface area contributed by atoms with Crippen LogP contribution in [0.25, 0.3) is 5.69 Å². The maximum atomic E-state index is 12.4. The molecule has 2 heterocycles. The molecular weight excluding hydrogens is 374 g/mol. The van der Waals surface area contributed by atoms with E-state index in [2.05, 4.69) is 20.5 Å². The van der Waals surface area contributed by atoms with Gasteiger partial charge in [-0.25, -0.2) is 14.8 Å². The fourth-order valence-electron chi connectivity index (χ4n) is 2.82. The Kier molecular flexibility index (Phi) is 5.68. The average molecular weight is 393 g/mol. The number of hydrazone groups is 1. The number of amides is 1. The van der Waals surface area contributed by atoms with E-state index < -0.39 is 23.0 Å². The highest BCUT2D eigenvalue weighted by atomic mass is 16.3. The maximum absolute atomic E-state index is 12.4. The molecule has 3 aromatic rings. The van der Waals surface area contributed by atoms with Gasteiger partial charge in [0.05, 0.1) is 11.4 Å². The number of benzene rings is 1. The quantitative estimate of drug-likeness (QED) is 0.447. The Labute approximate surface area is 165 Å². The van der Waals surface area contributed by atoms with Crippen molar-refractivity contribution in [3.8, 4) is 11.6 Å². The number of nitrogens with zero attached hydrogens (tertiary/aromatic N) is 3. The molecule has 0 saturated heterocycles. The number of aromatic hydroxyl groups is 1. The number of pyridine rings is 1. The number of nitrogens with one attached hydrogen (secondary N) is 2. The number of aromatic nitrogens is 3. The second-order valence-corrected chi connectivity index (χ2v) is 6.17. The average Bonchev–Trinajstić information content (AvgIpc) is 2.72. The number of aryl methyl sites for hydroxylation is 1. The summed E-state index contributed by atoms with van der Waals surface area (Å²) >= 11 is 0. The number of hydrogen-bond donors (Lipinski definition) is 3. The molecule has 2 aromatic heterocycles. The molecule has 3 rings (SSSR count). The van der Waals surface area contributed by atoms with Crippen molar-refractivity contribution in [1.82, 2.24) is 20.0 Å². The highest BCUT2D eigenvalue weighted by Gasteiger charge is 2.20. The van der Waals surface area contributed by atoms with Gasteiger partial charge in [-0.15, -0.1) is 0 Å². The number of carbonyl (C=O) groups excluding carboxylic acids is 1. The number of para-hydroxylation sites is 1. The summed E-state index contributed by atoms with van der Waals surface area (Å²) in [5.74, 6) is -1.05. The Morgan fingerprint density at radius 1 is 1.21 bits per heavy atom. The van der Waals surface area contributed by atoms with Gasteiger partial charge in [-0.1, -0.05) is 25.1 Å². The van der Waals surface area contributed by atoms with E-state index >= 15 is 0 Å². The monoisotopic (exact) mass is 393 g/mol. The van der Waals surface area contributed by atoms with Gasteiger partial charge in [-0.05, 0) is 37.1 Å². The van der Waals surface area contributed by atoms with Crippen LogP contribution in [0.4, 0.5) is 0 Å². The zero-order valence-corrected chi connectivity index (χ0v) is 15.8. The zero-order chi connectivity index (χ0) is 21.0. The van der Waals surface area contributed by atoms with Crippen molar-refractivity contribution in [1.29, 1.82) is 0 Å². The van der Waals surface area contributed by atoms with Gasteiger partial charge in [0.1, 0.15) is 5.56 Å². The molecule has 29 heavy (non-hydrogen) atoms. The topological polar surface area (TPSA) is 129 Å². The van der Waals surface area contributed by atoms with Crippen LogP contribution in [-0.2, 0) is 0 Å². The molecule has 0 aliphatic carbocycles. The molecule has 0 spiro atoms. The smallest absolute Gasteiger partial charge is 0.335 e. The first-order chi connectivity index (χ1) is 13.9. The van der Waals surface area contributed by atoms with E-state index in [1.807, 2.05) is 0 Å². The molecule has 0 unspecified atom stereocenters. The van der Waals surface area contributed by atoms with E-state index in [1.165, 1.54) is 24.5 Å². The lowest BCUT2D eigenvalue weighted by molar-refractivity contribution is 0.0954. The highest BCUT2D eigenvalue weighted by molar-refractivity contribution is 6.03. The van der Waals surface area contributed by atoms with E-state index in [9.17, 15) is 19.5 Å². The predicted molar refractivity (Wildman–Crippen MR) is 108 cm³/mol. The van der Waals surface area contributed by atoms with Crippen molar-refractivity contribution in [3.05, 3.63) is 86.3 Å². The Balaban J connectivity index is 2.08. The molecule has 1 aromatic carbocycles. The van der Waals surface area contributed by atoms with Crippen LogP contribution >= 0.6 is 0 Å². The molecule has 0 saturated carbocycles. The maximum Gasteiger partial charge on any atom is 0.335 e. The molecule has 148 valence electrons. The van der Waals surface area contributed by atoms with Crippen LogP contribution in [0.15, 0.2) is 63.5 Å². The standard InChI is InChI=1S/C20H19N5O4/c1-3-14(23-24-17(26)13-8-10-21-11-9-13)16-18(27)22-20(29)25(19(16)28)15-7-5-4-6-12(15)2/h4-11,28H,3H2,1-2H3,(H,24,26)(H,22,27,29)/b23-14+. The first-order valence-corrected chi connectivity index (χ1v) is 8.85. The van der Waals surface area contributed by atoms with Crippen molar-refractivity contribution in [2.45, 2.75) is 20.3 Å². The Morgan fingerprint density at radius 3 is 2.55 bits per heavy atom. The van der Waals surface area contributed by atoms with Crippen LogP contribution in [0.5, 0.6) is 5.88 Å². The normalized spacial score (nSPS) is 11.3. The van der Waals surface area contributed by atoms with Crippen LogP contribution in [0.1, 0.15) is 34.8 Å². The molecule has 0 bridgehead atoms. The van der Waals surface area contributed by atoms with Gasteiger partial charge < -0.3 is 5.11 Å². The number of carbonyl (C=O) groups is 1. The summed E-state index contributed by atoms with van der Waals surface area (Å²) in [6.45, 7) is 3.48. The fourth-order valence-corrected chi connectivity index (χ4v) is 2.82. The summed E-state index contributed by atoms with van der Waals surface area (Å²) in [4.78, 5) is 43.0. The summed E-state index contributed by atoms with van der Waals surface area (Å²) in [5.41, 5.74) is 2.20. The Hall–Kier alpha value is -4.01. The predicted octanol–water partition coefficient (Wildman–Crippen LogP) is 1.48. The van der Waals surface area contributed by atoms with E-state index in [1.54, 1.807) is 38.1 Å². The summed E-state index contributed by atoms with van der Waals surface area (Å²) < 4.78 is 1.00. The molecule has 9 heteroatoms. The van der Waals surface area contributed by atoms with Gasteiger partial charge in [-0.3, -0.25) is 19.6 Å². The SMILES string of the molecule is CC/C(=N\NC(=O)c1ccncc1)c1c(O)n(-c2ccccc2C)c(=O)[nH]c1=O. The molecule has 0 atom stereocenters. The molecule has 0 aliphatic rings. The van der Waals surface area contributed by atoms with Crippen molar-refractivity contribution in [2.75, 3.05) is 0 Å². The summed E-state index contributed by atoms with van der Waals surface area (Å²) in [5, 5.41) is 14.8. The van der Waals surface area contributed by atoms with Crippen LogP contribution < -0.4 is 16.7 Å². The van der Waals surface area contributed by atoms with Gasteiger partial charge in [0.15, 0.2) is 0 Å². The van der Waals surface area contributed by atoms with Gasteiger partial charge >= 0.3 is 5.69 Å². The van der Waals surface area contributed by atoms with E-state index in [4.69, 9.17) is 0 Å². The van der Waals surface area contributed by atoms with Crippen LogP contribution in [0.3, 0.4) is 0 Å². The summed E-state index contributed by atoms with van der Waals surface area (Å²) in [6, 6.07) is 9.95. The minimum absolute atomic E-state index is 0.119. The number of H-pyrrole nitrogens is 1. The molecular formula is C20H19N5O4. The number of rotatable bonds is 5. The molecule has 1 amide bonds. The second kappa shape index (κ2) is 8.34. The molecule has 0 radical (unpaired) electrons. The van der Waals surface area contributed by atoms with Crippen molar-refractivity contribution in [3.63, 3.8) is 0 Å². The summed E-state index contributed by atoms with van der Waals surface area (Å²) in [7, 11) is 0. The van der Waals surface area contributed by atoms with E-state index in [0.29, 0.717) is 11.3 Å². The van der Waals surface area contributed by atoms with Crippen LogP contribution in [-0.4, -0.2) is 31.3 Å². The zero-order valence-electron chi connectivity index (χ0n) is 15.8. The van der Waals surface area contributed by atoms with E-state index in [0.717, 1.165) is 10.1 Å². The first kappa shape index (κ1) is 19.7. The van der Waals surface area contributed by atoms with Gasteiger partial charge in [0.25, 0.3) is 11.5 Å². The van der Waals surface area contributed by atoms with Gasteiger partial charge in [0, 0.05) is 18.0 Å². The third kappa shape index (κ3) is 3.98. The molecule has 0 fully saturated rings. The number of aromatic amines is 1. The minimum atomic E-state index is -0.795. The van der Waals surface area contributed by atoms with Crippen LogP contribution in [0.2, 0.25) is 0 Å². The lowest BCUT2D eigenvalue weighted by atomic mass is 10.1. The molecule has 9 nitrogen and oxygen atoms in total. The number of hydrogen-bond acceptors (Lipinski definition) is 6. The Morgan fingerprint density at radius 2 is 1.90 bits per heavy atom. The second-order valence-electron chi connectivity index (χ2n) is 6.17. The van der Waals surface area contributed by atoms with Crippen molar-refractivity contribution >= 4 is 11.6 Å². The van der Waals surface area contributed by atoms with Gasteiger partial charge in [0.2, 0.25) is 5.88 Å². The fraction of sp³-hybridized carbons (Fsp3) is 0.150. The highest BCUT2D eigenvalue weighted by Crippen LogP contribution is 2.20. The lowest BCUT2D eigenvalue weighted by Gasteiger charge is -2.14.